The van der Waals surface area contributed by atoms with Gasteiger partial charge in [-0.05, 0) is 54.9 Å². The van der Waals surface area contributed by atoms with E-state index in [1.807, 2.05) is 53.6 Å². The number of thiophene rings is 1. The molecule has 216 valence electrons. The Morgan fingerprint density at radius 3 is 2.57 bits per heavy atom. The van der Waals surface area contributed by atoms with Crippen LogP contribution in [0.1, 0.15) is 60.2 Å². The van der Waals surface area contributed by atoms with Crippen LogP contribution in [0.3, 0.4) is 0 Å². The molecule has 0 radical (unpaired) electrons. The minimum absolute atomic E-state index is 0.0957. The van der Waals surface area contributed by atoms with Gasteiger partial charge >= 0.3 is 5.97 Å². The molecule has 7 rings (SSSR count). The zero-order valence-electron chi connectivity index (χ0n) is 23.5. The predicted octanol–water partition coefficient (Wildman–Crippen LogP) is 6.43. The Bertz CT molecular complexity index is 1630. The number of aromatic carboxylic acids is 1. The maximum absolute atomic E-state index is 13.4. The van der Waals surface area contributed by atoms with Crippen LogP contribution in [-0.4, -0.2) is 62.8 Å². The lowest BCUT2D eigenvalue weighted by Crippen LogP contribution is -2.41. The summed E-state index contributed by atoms with van der Waals surface area (Å²) in [7, 11) is 0. The third-order valence-corrected chi connectivity index (χ3v) is 10.2. The smallest absolute Gasteiger partial charge is 0.346 e. The van der Waals surface area contributed by atoms with Gasteiger partial charge < -0.3 is 14.7 Å². The van der Waals surface area contributed by atoms with Crippen LogP contribution in [-0.2, 0) is 9.53 Å². The summed E-state index contributed by atoms with van der Waals surface area (Å²) >= 11 is 1.32. The molecular weight excluding hydrogens is 548 g/mol. The SMILES string of the molecule is O=C(O)c1sc(-c2ccc(-c3cc4ncccn4n3)cc2)cc1C1=C(C2CCCCC2)CCN(C(=O)C2CCOC2)C1. The molecule has 4 aromatic rings. The molecule has 1 aromatic carbocycles. The van der Waals surface area contributed by atoms with Gasteiger partial charge in [0.2, 0.25) is 5.91 Å². The Kier molecular flexibility index (Phi) is 7.38. The molecule has 8 nitrogen and oxygen atoms in total. The number of amides is 1. The molecule has 1 atom stereocenters. The molecular formula is C33H34N4O4S. The number of hydrogen-bond donors (Lipinski definition) is 1. The summed E-state index contributed by atoms with van der Waals surface area (Å²) < 4.78 is 7.26. The second kappa shape index (κ2) is 11.5. The van der Waals surface area contributed by atoms with E-state index in [0.717, 1.165) is 64.2 Å². The second-order valence-electron chi connectivity index (χ2n) is 11.6. The number of ether oxygens (including phenoxy) is 1. The fourth-order valence-corrected chi connectivity index (χ4v) is 7.84. The van der Waals surface area contributed by atoms with Crippen molar-refractivity contribution >= 4 is 34.4 Å². The zero-order chi connectivity index (χ0) is 28.6. The average Bonchev–Trinajstić information content (AvgIpc) is 3.81. The summed E-state index contributed by atoms with van der Waals surface area (Å²) in [4.78, 5) is 33.6. The van der Waals surface area contributed by atoms with Crippen LogP contribution in [0, 0.1) is 11.8 Å². The molecule has 1 amide bonds. The standard InChI is InChI=1S/C33H34N4O4S/c38-32(24-12-16-41-20-24)36-15-11-25(21-5-2-1-3-6-21)27(19-36)26-17-29(42-31(26)33(39)40)23-9-7-22(8-10-23)28-18-30-34-13-4-14-37(30)35-28/h4,7-10,13-14,17-18,21,24H,1-3,5-6,11-12,15-16,19-20H2,(H,39,40). The van der Waals surface area contributed by atoms with Crippen LogP contribution >= 0.6 is 11.3 Å². The third-order valence-electron chi connectivity index (χ3n) is 9.03. The van der Waals surface area contributed by atoms with E-state index >= 15 is 0 Å². The number of carbonyl (C=O) groups excluding carboxylic acids is 1. The molecule has 0 bridgehead atoms. The summed E-state index contributed by atoms with van der Waals surface area (Å²) in [6.45, 7) is 2.28. The van der Waals surface area contributed by atoms with Gasteiger partial charge in [-0.1, -0.05) is 49.1 Å². The van der Waals surface area contributed by atoms with Gasteiger partial charge in [0.15, 0.2) is 5.65 Å². The summed E-state index contributed by atoms with van der Waals surface area (Å²) in [5.41, 5.74) is 6.75. The van der Waals surface area contributed by atoms with Crippen molar-refractivity contribution in [1.29, 1.82) is 0 Å². The van der Waals surface area contributed by atoms with Gasteiger partial charge in [0.1, 0.15) is 4.88 Å². The number of aromatic nitrogens is 3. The van der Waals surface area contributed by atoms with Crippen molar-refractivity contribution < 1.29 is 19.4 Å². The molecule has 1 unspecified atom stereocenters. The Morgan fingerprint density at radius 2 is 1.83 bits per heavy atom. The van der Waals surface area contributed by atoms with E-state index < -0.39 is 5.97 Å². The molecule has 2 fully saturated rings. The number of nitrogens with zero attached hydrogens (tertiary/aromatic N) is 4. The van der Waals surface area contributed by atoms with Crippen molar-refractivity contribution in [2.45, 2.75) is 44.9 Å². The molecule has 1 saturated heterocycles. The van der Waals surface area contributed by atoms with E-state index in [1.165, 1.54) is 36.2 Å². The number of carboxylic acids is 1. The van der Waals surface area contributed by atoms with E-state index in [1.54, 1.807) is 10.7 Å². The van der Waals surface area contributed by atoms with Crippen molar-refractivity contribution in [3.05, 3.63) is 70.9 Å². The van der Waals surface area contributed by atoms with Crippen molar-refractivity contribution in [3.8, 4) is 21.7 Å². The molecule has 42 heavy (non-hydrogen) atoms. The fraction of sp³-hybridized carbons (Fsp3) is 0.394. The lowest BCUT2D eigenvalue weighted by molar-refractivity contribution is -0.135. The largest absolute Gasteiger partial charge is 0.477 e. The van der Waals surface area contributed by atoms with E-state index in [0.29, 0.717) is 37.1 Å². The van der Waals surface area contributed by atoms with Crippen LogP contribution < -0.4 is 0 Å². The number of benzene rings is 1. The van der Waals surface area contributed by atoms with Gasteiger partial charge in [-0.25, -0.2) is 14.3 Å². The molecule has 5 heterocycles. The van der Waals surface area contributed by atoms with Crippen LogP contribution in [0.2, 0.25) is 0 Å². The highest BCUT2D eigenvalue weighted by Gasteiger charge is 2.34. The second-order valence-corrected chi connectivity index (χ2v) is 12.6. The molecule has 0 spiro atoms. The van der Waals surface area contributed by atoms with Gasteiger partial charge in [-0.2, -0.15) is 5.10 Å². The summed E-state index contributed by atoms with van der Waals surface area (Å²) in [5.74, 6) is -0.414. The lowest BCUT2D eigenvalue weighted by Gasteiger charge is -2.36. The highest BCUT2D eigenvalue weighted by molar-refractivity contribution is 7.17. The van der Waals surface area contributed by atoms with Crippen LogP contribution in [0.25, 0.3) is 32.9 Å². The van der Waals surface area contributed by atoms with Gasteiger partial charge in [0.25, 0.3) is 0 Å². The maximum Gasteiger partial charge on any atom is 0.346 e. The van der Waals surface area contributed by atoms with Crippen LogP contribution in [0.15, 0.2) is 60.4 Å². The topological polar surface area (TPSA) is 97.0 Å². The molecule has 1 aliphatic carbocycles. The van der Waals surface area contributed by atoms with Gasteiger partial charge in [0.05, 0.1) is 18.2 Å². The van der Waals surface area contributed by atoms with E-state index in [-0.39, 0.29) is 11.8 Å². The van der Waals surface area contributed by atoms with Crippen molar-refractivity contribution in [3.63, 3.8) is 0 Å². The first-order valence-corrected chi connectivity index (χ1v) is 15.7. The predicted molar refractivity (Wildman–Crippen MR) is 162 cm³/mol. The maximum atomic E-state index is 13.4. The Labute approximate surface area is 248 Å². The van der Waals surface area contributed by atoms with Gasteiger partial charge in [0, 0.05) is 54.2 Å². The van der Waals surface area contributed by atoms with Crippen molar-refractivity contribution in [1.82, 2.24) is 19.5 Å². The van der Waals surface area contributed by atoms with Crippen molar-refractivity contribution in [2.75, 3.05) is 26.3 Å². The van der Waals surface area contributed by atoms with E-state index in [2.05, 4.69) is 10.1 Å². The lowest BCUT2D eigenvalue weighted by atomic mass is 9.77. The number of fused-ring (bicyclic) bond motifs is 1. The first kappa shape index (κ1) is 27.0. The molecule has 3 aromatic heterocycles. The summed E-state index contributed by atoms with van der Waals surface area (Å²) in [6.07, 6.45) is 11.1. The van der Waals surface area contributed by atoms with Gasteiger partial charge in [-0.3, -0.25) is 4.79 Å². The molecule has 1 saturated carbocycles. The average molecular weight is 583 g/mol. The minimum atomic E-state index is -0.918. The van der Waals surface area contributed by atoms with Crippen LogP contribution in [0.4, 0.5) is 0 Å². The normalized spacial score (nSPS) is 20.0. The van der Waals surface area contributed by atoms with E-state index in [4.69, 9.17) is 4.74 Å². The first-order chi connectivity index (χ1) is 20.5. The number of rotatable bonds is 6. The molecule has 2 aliphatic heterocycles. The van der Waals surface area contributed by atoms with Crippen molar-refractivity contribution in [2.24, 2.45) is 11.8 Å². The Hall–Kier alpha value is -3.82. The first-order valence-electron chi connectivity index (χ1n) is 14.9. The summed E-state index contributed by atoms with van der Waals surface area (Å²) in [6, 6.07) is 13.9. The summed E-state index contributed by atoms with van der Waals surface area (Å²) in [5, 5.41) is 15.0. The highest BCUT2D eigenvalue weighted by Crippen LogP contribution is 2.43. The monoisotopic (exact) mass is 582 g/mol. The Morgan fingerprint density at radius 1 is 1.02 bits per heavy atom. The highest BCUT2D eigenvalue weighted by atomic mass is 32.1. The number of carbonyl (C=O) groups is 2. The fourth-order valence-electron chi connectivity index (χ4n) is 6.81. The Balaban J connectivity index is 1.24. The quantitative estimate of drug-likeness (QED) is 0.282. The van der Waals surface area contributed by atoms with E-state index in [9.17, 15) is 14.7 Å². The minimum Gasteiger partial charge on any atom is -0.477 e. The number of carboxylic acid groups (broad SMARTS) is 1. The third kappa shape index (κ3) is 5.16. The van der Waals surface area contributed by atoms with Crippen LogP contribution in [0.5, 0.6) is 0 Å². The zero-order valence-corrected chi connectivity index (χ0v) is 24.3. The molecule has 3 aliphatic rings. The number of hydrogen-bond acceptors (Lipinski definition) is 6. The molecule has 1 N–H and O–H groups in total. The van der Waals surface area contributed by atoms with Gasteiger partial charge in [-0.15, -0.1) is 11.3 Å². The molecule has 9 heteroatoms.